The van der Waals surface area contributed by atoms with Gasteiger partial charge in [0.25, 0.3) is 0 Å². The van der Waals surface area contributed by atoms with Crippen LogP contribution in [0.3, 0.4) is 0 Å². The molecule has 0 radical (unpaired) electrons. The molecule has 2 nitrogen and oxygen atoms in total. The first kappa shape index (κ1) is 7.59. The third-order valence-electron chi connectivity index (χ3n) is 2.46. The highest BCUT2D eigenvalue weighted by Crippen LogP contribution is 2.32. The van der Waals surface area contributed by atoms with Crippen molar-refractivity contribution in [1.82, 2.24) is 4.57 Å². The first-order valence-electron chi connectivity index (χ1n) is 4.50. The number of hydrogen-bond acceptors (Lipinski definition) is 1. The molecule has 0 bridgehead atoms. The van der Waals surface area contributed by atoms with Crippen molar-refractivity contribution in [3.05, 3.63) is 24.0 Å². The van der Waals surface area contributed by atoms with Gasteiger partial charge in [0.2, 0.25) is 0 Å². The van der Waals surface area contributed by atoms with Crippen LogP contribution in [0.5, 0.6) is 0 Å². The molecule has 1 heterocycles. The van der Waals surface area contributed by atoms with Crippen molar-refractivity contribution in [3.8, 4) is 0 Å². The summed E-state index contributed by atoms with van der Waals surface area (Å²) in [5.74, 6) is 0.937. The molecule has 64 valence electrons. The Kier molecular flexibility index (Phi) is 1.98. The summed E-state index contributed by atoms with van der Waals surface area (Å²) < 4.78 is 2.03. The van der Waals surface area contributed by atoms with Gasteiger partial charge >= 0.3 is 0 Å². The second-order valence-electron chi connectivity index (χ2n) is 3.48. The fraction of sp³-hybridized carbons (Fsp3) is 0.500. The van der Waals surface area contributed by atoms with Crippen LogP contribution < -0.4 is 0 Å². The van der Waals surface area contributed by atoms with Gasteiger partial charge in [-0.15, -0.1) is 0 Å². The average molecular weight is 163 g/mol. The van der Waals surface area contributed by atoms with Crippen molar-refractivity contribution in [2.45, 2.75) is 25.8 Å². The van der Waals surface area contributed by atoms with Gasteiger partial charge in [-0.25, -0.2) is 0 Å². The summed E-state index contributed by atoms with van der Waals surface area (Å²) in [5, 5.41) is 0. The quantitative estimate of drug-likeness (QED) is 0.623. The SMILES string of the molecule is O=Cc1cccn1CCC1CC1. The summed E-state index contributed by atoms with van der Waals surface area (Å²) in [5.41, 5.74) is 0.802. The summed E-state index contributed by atoms with van der Waals surface area (Å²) in [4.78, 5) is 10.5. The lowest BCUT2D eigenvalue weighted by molar-refractivity contribution is 0.111. The van der Waals surface area contributed by atoms with E-state index in [1.165, 1.54) is 19.3 Å². The van der Waals surface area contributed by atoms with E-state index in [0.717, 1.165) is 24.4 Å². The third kappa shape index (κ3) is 1.58. The molecule has 0 amide bonds. The monoisotopic (exact) mass is 163 g/mol. The first-order valence-corrected chi connectivity index (χ1v) is 4.50. The van der Waals surface area contributed by atoms with Crippen molar-refractivity contribution in [2.24, 2.45) is 5.92 Å². The van der Waals surface area contributed by atoms with Crippen LogP contribution in [-0.2, 0) is 6.54 Å². The lowest BCUT2D eigenvalue weighted by Gasteiger charge is -2.02. The molecule has 12 heavy (non-hydrogen) atoms. The Bertz CT molecular complexity index is 273. The van der Waals surface area contributed by atoms with Crippen LogP contribution in [0.15, 0.2) is 18.3 Å². The maximum absolute atomic E-state index is 10.5. The van der Waals surface area contributed by atoms with E-state index in [2.05, 4.69) is 0 Å². The van der Waals surface area contributed by atoms with Gasteiger partial charge in [0.15, 0.2) is 6.29 Å². The molecular formula is C10H13NO. The molecule has 1 fully saturated rings. The van der Waals surface area contributed by atoms with E-state index in [-0.39, 0.29) is 0 Å². The fourth-order valence-electron chi connectivity index (χ4n) is 1.47. The molecule has 1 saturated carbocycles. The Hall–Kier alpha value is -1.05. The van der Waals surface area contributed by atoms with Crippen molar-refractivity contribution >= 4 is 6.29 Å². The Balaban J connectivity index is 1.95. The van der Waals surface area contributed by atoms with Gasteiger partial charge in [-0.2, -0.15) is 0 Å². The minimum absolute atomic E-state index is 0.802. The lowest BCUT2D eigenvalue weighted by atomic mass is 10.3. The highest BCUT2D eigenvalue weighted by atomic mass is 16.1. The Morgan fingerprint density at radius 2 is 2.42 bits per heavy atom. The maximum Gasteiger partial charge on any atom is 0.166 e. The normalized spacial score (nSPS) is 16.3. The summed E-state index contributed by atoms with van der Waals surface area (Å²) in [7, 11) is 0. The Morgan fingerprint density at radius 1 is 1.58 bits per heavy atom. The van der Waals surface area contributed by atoms with E-state index in [1.807, 2.05) is 22.9 Å². The Labute approximate surface area is 72.2 Å². The zero-order valence-electron chi connectivity index (χ0n) is 7.07. The van der Waals surface area contributed by atoms with Crippen LogP contribution in [0.4, 0.5) is 0 Å². The molecule has 0 N–H and O–H groups in total. The Morgan fingerprint density at radius 3 is 3.08 bits per heavy atom. The highest BCUT2D eigenvalue weighted by Gasteiger charge is 2.20. The van der Waals surface area contributed by atoms with E-state index in [9.17, 15) is 4.79 Å². The number of aryl methyl sites for hydroxylation is 1. The maximum atomic E-state index is 10.5. The van der Waals surface area contributed by atoms with Crippen LogP contribution >= 0.6 is 0 Å². The van der Waals surface area contributed by atoms with Gasteiger partial charge in [-0.3, -0.25) is 4.79 Å². The van der Waals surface area contributed by atoms with Crippen LogP contribution in [0, 0.1) is 5.92 Å². The minimum atomic E-state index is 0.802. The van der Waals surface area contributed by atoms with Crippen LogP contribution in [0.1, 0.15) is 29.8 Å². The van der Waals surface area contributed by atoms with Crippen molar-refractivity contribution in [3.63, 3.8) is 0 Å². The zero-order valence-corrected chi connectivity index (χ0v) is 7.07. The number of carbonyl (C=O) groups excluding carboxylic acids is 1. The standard InChI is InChI=1S/C10H13NO/c12-8-10-2-1-6-11(10)7-5-9-3-4-9/h1-2,6,8-9H,3-5,7H2. The van der Waals surface area contributed by atoms with Gasteiger partial charge in [0.1, 0.15) is 0 Å². The zero-order chi connectivity index (χ0) is 8.39. The molecule has 0 aliphatic heterocycles. The van der Waals surface area contributed by atoms with Gasteiger partial charge in [0.05, 0.1) is 5.69 Å². The molecule has 1 aliphatic rings. The van der Waals surface area contributed by atoms with Crippen LogP contribution in [0.2, 0.25) is 0 Å². The van der Waals surface area contributed by atoms with E-state index in [4.69, 9.17) is 0 Å². The third-order valence-corrected chi connectivity index (χ3v) is 2.46. The molecule has 0 spiro atoms. The average Bonchev–Trinajstić information content (AvgIpc) is 2.81. The summed E-state index contributed by atoms with van der Waals surface area (Å²) >= 11 is 0. The van der Waals surface area contributed by atoms with E-state index < -0.39 is 0 Å². The number of hydrogen-bond donors (Lipinski definition) is 0. The summed E-state index contributed by atoms with van der Waals surface area (Å²) in [6.07, 6.45) is 6.91. The molecule has 2 heteroatoms. The van der Waals surface area contributed by atoms with Gasteiger partial charge in [-0.1, -0.05) is 12.8 Å². The predicted molar refractivity (Wildman–Crippen MR) is 47.2 cm³/mol. The van der Waals surface area contributed by atoms with Crippen molar-refractivity contribution in [1.29, 1.82) is 0 Å². The summed E-state index contributed by atoms with van der Waals surface area (Å²) in [6, 6.07) is 3.79. The van der Waals surface area contributed by atoms with Crippen LogP contribution in [-0.4, -0.2) is 10.9 Å². The lowest BCUT2D eigenvalue weighted by Crippen LogP contribution is -2.01. The van der Waals surface area contributed by atoms with E-state index in [0.29, 0.717) is 0 Å². The first-order chi connectivity index (χ1) is 5.90. The predicted octanol–water partition coefficient (Wildman–Crippen LogP) is 2.10. The smallest absolute Gasteiger partial charge is 0.166 e. The molecule has 0 unspecified atom stereocenters. The minimum Gasteiger partial charge on any atom is -0.345 e. The number of aldehydes is 1. The van der Waals surface area contributed by atoms with Gasteiger partial charge in [0, 0.05) is 12.7 Å². The van der Waals surface area contributed by atoms with Gasteiger partial charge in [-0.05, 0) is 24.5 Å². The highest BCUT2D eigenvalue weighted by molar-refractivity contribution is 5.72. The molecule has 2 rings (SSSR count). The number of aromatic nitrogens is 1. The van der Waals surface area contributed by atoms with Crippen LogP contribution in [0.25, 0.3) is 0 Å². The molecule has 1 aromatic rings. The second kappa shape index (κ2) is 3.13. The van der Waals surface area contributed by atoms with Crippen molar-refractivity contribution < 1.29 is 4.79 Å². The molecule has 0 atom stereocenters. The van der Waals surface area contributed by atoms with Gasteiger partial charge < -0.3 is 4.57 Å². The molecule has 0 saturated heterocycles. The fourth-order valence-corrected chi connectivity index (χ4v) is 1.47. The largest absolute Gasteiger partial charge is 0.345 e. The van der Waals surface area contributed by atoms with E-state index in [1.54, 1.807) is 0 Å². The van der Waals surface area contributed by atoms with E-state index >= 15 is 0 Å². The number of carbonyl (C=O) groups is 1. The molecule has 1 aromatic heterocycles. The molecule has 1 aliphatic carbocycles. The second-order valence-corrected chi connectivity index (χ2v) is 3.48. The van der Waals surface area contributed by atoms with Crippen molar-refractivity contribution in [2.75, 3.05) is 0 Å². The summed E-state index contributed by atoms with van der Waals surface area (Å²) in [6.45, 7) is 1.01. The molecular weight excluding hydrogens is 150 g/mol. The topological polar surface area (TPSA) is 22.0 Å². The molecule has 0 aromatic carbocycles. The number of rotatable bonds is 4. The number of nitrogens with zero attached hydrogens (tertiary/aromatic N) is 1.